The van der Waals surface area contributed by atoms with Gasteiger partial charge in [-0.25, -0.2) is 13.2 Å². The van der Waals surface area contributed by atoms with Gasteiger partial charge in [-0.2, -0.15) is 0 Å². The van der Waals surface area contributed by atoms with Gasteiger partial charge in [-0.05, 0) is 38.6 Å². The minimum Gasteiger partial charge on any atom is -0.485 e. The van der Waals surface area contributed by atoms with Crippen LogP contribution >= 0.6 is 0 Å². The molecule has 164 valence electrons. The van der Waals surface area contributed by atoms with Gasteiger partial charge in [0.1, 0.15) is 29.3 Å². The van der Waals surface area contributed by atoms with Crippen molar-refractivity contribution in [1.82, 2.24) is 10.3 Å². The molecule has 1 fully saturated rings. The number of fused-ring (bicyclic) bond motifs is 5. The van der Waals surface area contributed by atoms with Gasteiger partial charge in [0.15, 0.2) is 5.79 Å². The van der Waals surface area contributed by atoms with Crippen LogP contribution in [0.4, 0.5) is 13.2 Å². The zero-order chi connectivity index (χ0) is 21.8. The number of rotatable bonds is 4. The minimum atomic E-state index is -0.677. The Kier molecular flexibility index (Phi) is 4.96. The molecule has 1 aromatic heterocycles. The van der Waals surface area contributed by atoms with Crippen molar-refractivity contribution < 1.29 is 27.4 Å². The fourth-order valence-electron chi connectivity index (χ4n) is 4.23. The summed E-state index contributed by atoms with van der Waals surface area (Å²) in [4.78, 5) is 3.06. The number of halogens is 3. The summed E-state index contributed by atoms with van der Waals surface area (Å²) in [5, 5.41) is 3.80. The Morgan fingerprint density at radius 2 is 1.84 bits per heavy atom. The Hall–Kier alpha value is -2.55. The maximum absolute atomic E-state index is 14.4. The third kappa shape index (κ3) is 3.79. The number of H-pyrrole nitrogens is 1. The van der Waals surface area contributed by atoms with Gasteiger partial charge in [0.05, 0.1) is 30.5 Å². The van der Waals surface area contributed by atoms with Crippen LogP contribution in [0, 0.1) is 17.5 Å². The van der Waals surface area contributed by atoms with E-state index in [9.17, 15) is 13.2 Å². The molecule has 2 aliphatic heterocycles. The van der Waals surface area contributed by atoms with E-state index in [4.69, 9.17) is 14.2 Å². The maximum atomic E-state index is 14.4. The zero-order valence-corrected chi connectivity index (χ0v) is 17.2. The lowest BCUT2D eigenvalue weighted by molar-refractivity contribution is -0.252. The predicted molar refractivity (Wildman–Crippen MR) is 109 cm³/mol. The van der Waals surface area contributed by atoms with E-state index in [1.165, 1.54) is 18.2 Å². The van der Waals surface area contributed by atoms with Crippen LogP contribution in [0.5, 0.6) is 5.75 Å². The van der Waals surface area contributed by atoms with E-state index in [1.54, 1.807) is 6.07 Å². The molecule has 3 heterocycles. The molecule has 5 nitrogen and oxygen atoms in total. The molecule has 1 saturated heterocycles. The monoisotopic (exact) mass is 432 g/mol. The third-order valence-electron chi connectivity index (χ3n) is 5.77. The fourth-order valence-corrected chi connectivity index (χ4v) is 4.23. The molecule has 1 atom stereocenters. The first kappa shape index (κ1) is 20.4. The highest BCUT2D eigenvalue weighted by Gasteiger charge is 2.32. The highest BCUT2D eigenvalue weighted by Crippen LogP contribution is 2.47. The first-order valence-electron chi connectivity index (χ1n) is 10.3. The van der Waals surface area contributed by atoms with E-state index in [-0.39, 0.29) is 11.6 Å². The summed E-state index contributed by atoms with van der Waals surface area (Å²) in [5.74, 6) is -1.98. The number of aromatic nitrogens is 1. The lowest BCUT2D eigenvalue weighted by Gasteiger charge is -2.35. The van der Waals surface area contributed by atoms with Gasteiger partial charge in [-0.3, -0.25) is 0 Å². The number of hydrogen-bond acceptors (Lipinski definition) is 4. The second-order valence-corrected chi connectivity index (χ2v) is 8.43. The quantitative estimate of drug-likeness (QED) is 0.621. The van der Waals surface area contributed by atoms with E-state index in [0.717, 1.165) is 6.07 Å². The fraction of sp³-hybridized carbons (Fsp3) is 0.391. The molecule has 3 aromatic rings. The molecule has 5 rings (SSSR count). The molecule has 0 saturated carbocycles. The van der Waals surface area contributed by atoms with Crippen molar-refractivity contribution in [1.29, 1.82) is 0 Å². The smallest absolute Gasteiger partial charge is 0.162 e. The zero-order valence-electron chi connectivity index (χ0n) is 17.2. The Bertz CT molecular complexity index is 1130. The summed E-state index contributed by atoms with van der Waals surface area (Å²) in [6, 6.07) is 6.39. The third-order valence-corrected chi connectivity index (χ3v) is 5.77. The second kappa shape index (κ2) is 7.55. The summed E-state index contributed by atoms with van der Waals surface area (Å²) < 4.78 is 59.7. The topological polar surface area (TPSA) is 55.5 Å². The Labute approximate surface area is 177 Å². The van der Waals surface area contributed by atoms with Crippen LogP contribution < -0.4 is 10.1 Å². The van der Waals surface area contributed by atoms with Crippen LogP contribution in [0.3, 0.4) is 0 Å². The van der Waals surface area contributed by atoms with E-state index in [0.29, 0.717) is 54.1 Å². The van der Waals surface area contributed by atoms with Crippen LogP contribution in [0.15, 0.2) is 30.3 Å². The molecule has 2 aromatic carbocycles. The van der Waals surface area contributed by atoms with Gasteiger partial charge in [0.25, 0.3) is 0 Å². The number of benzene rings is 2. The van der Waals surface area contributed by atoms with Crippen LogP contribution in [-0.4, -0.2) is 36.6 Å². The summed E-state index contributed by atoms with van der Waals surface area (Å²) in [5.41, 5.74) is 2.12. The number of aromatic amines is 1. The normalized spacial score (nSPS) is 20.4. The van der Waals surface area contributed by atoms with Crippen LogP contribution in [-0.2, 0) is 9.47 Å². The summed E-state index contributed by atoms with van der Waals surface area (Å²) in [6.45, 7) is 5.32. The van der Waals surface area contributed by atoms with Crippen molar-refractivity contribution in [3.8, 4) is 17.0 Å². The van der Waals surface area contributed by atoms with E-state index >= 15 is 0 Å². The average Bonchev–Trinajstić information content (AvgIpc) is 3.09. The molecule has 0 aliphatic carbocycles. The minimum absolute atomic E-state index is 0.0266. The van der Waals surface area contributed by atoms with Gasteiger partial charge in [0.2, 0.25) is 0 Å². The maximum Gasteiger partial charge on any atom is 0.162 e. The summed E-state index contributed by atoms with van der Waals surface area (Å²) in [6.07, 6.45) is 0.00196. The van der Waals surface area contributed by atoms with Gasteiger partial charge >= 0.3 is 0 Å². The van der Waals surface area contributed by atoms with Crippen molar-refractivity contribution >= 4 is 10.9 Å². The first-order valence-corrected chi connectivity index (χ1v) is 10.3. The molecule has 0 spiro atoms. The van der Waals surface area contributed by atoms with E-state index < -0.39 is 29.3 Å². The van der Waals surface area contributed by atoms with Gasteiger partial charge in [0, 0.05) is 35.1 Å². The molecule has 0 radical (unpaired) electrons. The number of nitrogens with one attached hydrogen (secondary N) is 2. The van der Waals surface area contributed by atoms with Crippen molar-refractivity contribution in [2.45, 2.75) is 38.2 Å². The van der Waals surface area contributed by atoms with E-state index in [2.05, 4.69) is 10.3 Å². The van der Waals surface area contributed by atoms with Crippen molar-refractivity contribution in [3.05, 3.63) is 53.3 Å². The Balaban J connectivity index is 1.44. The average molecular weight is 432 g/mol. The van der Waals surface area contributed by atoms with Crippen molar-refractivity contribution in [2.24, 2.45) is 0 Å². The highest BCUT2D eigenvalue weighted by atomic mass is 19.1. The Morgan fingerprint density at radius 1 is 1.06 bits per heavy atom. The lowest BCUT2D eigenvalue weighted by atomic mass is 9.95. The summed E-state index contributed by atoms with van der Waals surface area (Å²) >= 11 is 0. The first-order chi connectivity index (χ1) is 14.8. The largest absolute Gasteiger partial charge is 0.485 e. The number of ether oxygens (including phenoxy) is 3. The molecule has 0 bridgehead atoms. The van der Waals surface area contributed by atoms with Gasteiger partial charge in [-0.15, -0.1) is 0 Å². The molecule has 31 heavy (non-hydrogen) atoms. The van der Waals surface area contributed by atoms with Crippen LogP contribution in [0.1, 0.15) is 31.9 Å². The van der Waals surface area contributed by atoms with E-state index in [1.807, 2.05) is 13.8 Å². The van der Waals surface area contributed by atoms with Gasteiger partial charge in [-0.1, -0.05) is 0 Å². The molecule has 2 N–H and O–H groups in total. The molecule has 2 aliphatic rings. The van der Waals surface area contributed by atoms with Crippen LogP contribution in [0.2, 0.25) is 0 Å². The highest BCUT2D eigenvalue weighted by molar-refractivity contribution is 5.93. The van der Waals surface area contributed by atoms with Crippen molar-refractivity contribution in [3.63, 3.8) is 0 Å². The molecule has 1 unspecified atom stereocenters. The number of hydrogen-bond donors (Lipinski definition) is 2. The van der Waals surface area contributed by atoms with Gasteiger partial charge < -0.3 is 24.5 Å². The Morgan fingerprint density at radius 3 is 2.61 bits per heavy atom. The SMILES string of the molecule is CC1(C)OCC(NCCC2Oc3cc(F)ccc3-c3[nH]c4c(F)cc(F)cc4c32)CO1. The lowest BCUT2D eigenvalue weighted by Crippen LogP contribution is -2.48. The second-order valence-electron chi connectivity index (χ2n) is 8.43. The molecular weight excluding hydrogens is 409 g/mol. The standard InChI is InChI=1S/C23H23F3N2O3/c1-23(2)29-10-14(11-30-23)27-6-5-18-20-16-7-13(25)8-17(26)21(16)28-22(20)15-4-3-12(24)9-19(15)31-18/h3-4,7-9,14,18,27-28H,5-6,10-11H2,1-2H3. The predicted octanol–water partition coefficient (Wildman–Crippen LogP) is 4.82. The summed E-state index contributed by atoms with van der Waals surface area (Å²) in [7, 11) is 0. The van der Waals surface area contributed by atoms with Crippen LogP contribution in [0.25, 0.3) is 22.2 Å². The molecule has 8 heteroatoms. The molecular formula is C23H23F3N2O3. The van der Waals surface area contributed by atoms with Crippen molar-refractivity contribution in [2.75, 3.05) is 19.8 Å². The molecule has 0 amide bonds.